The molecule has 2 saturated heterocycles. The van der Waals surface area contributed by atoms with Crippen LogP contribution in [0.2, 0.25) is 0 Å². The van der Waals surface area contributed by atoms with Gasteiger partial charge in [-0.25, -0.2) is 0 Å². The van der Waals surface area contributed by atoms with E-state index in [0.717, 1.165) is 52.4 Å². The van der Waals surface area contributed by atoms with Gasteiger partial charge in [-0.3, -0.25) is 23.8 Å². The zero-order chi connectivity index (χ0) is 22.3. The third-order valence-electron chi connectivity index (χ3n) is 4.32. The molecule has 0 atom stereocenters. The molecule has 0 unspecified atom stereocenters. The van der Waals surface area contributed by atoms with E-state index in [0.29, 0.717) is 13.1 Å². The van der Waals surface area contributed by atoms with E-state index in [9.17, 15) is 16.8 Å². The summed E-state index contributed by atoms with van der Waals surface area (Å²) < 4.78 is 56.5. The van der Waals surface area contributed by atoms with Crippen molar-refractivity contribution in [2.24, 2.45) is 0 Å². The van der Waals surface area contributed by atoms with Crippen LogP contribution in [0, 0.1) is 0 Å². The molecule has 14 heteroatoms. The van der Waals surface area contributed by atoms with Crippen LogP contribution in [0.5, 0.6) is 0 Å². The third kappa shape index (κ3) is 18.1. The van der Waals surface area contributed by atoms with Crippen molar-refractivity contribution in [3.05, 3.63) is 0 Å². The molecule has 0 radical (unpaired) electrons. The number of nitrogens with zero attached hydrogens (tertiary/aromatic N) is 3. The maximum atomic E-state index is 10.5. The molecule has 2 heterocycles. The Labute approximate surface area is 174 Å². The third-order valence-corrected chi connectivity index (χ3v) is 5.75. The molecule has 176 valence electrons. The maximum absolute atomic E-state index is 10.5. The number of rotatable bonds is 7. The second-order valence-electron chi connectivity index (χ2n) is 6.57. The average molecular weight is 465 g/mol. The quantitative estimate of drug-likeness (QED) is 0.246. The predicted molar refractivity (Wildman–Crippen MR) is 110 cm³/mol. The summed E-state index contributed by atoms with van der Waals surface area (Å²) in [6, 6.07) is 0. The smallest absolute Gasteiger partial charge is 0.266 e. The summed E-state index contributed by atoms with van der Waals surface area (Å²) in [7, 11) is -7.50. The van der Waals surface area contributed by atoms with Crippen LogP contribution >= 0.6 is 0 Å². The van der Waals surface area contributed by atoms with Crippen LogP contribution in [-0.2, 0) is 20.2 Å². The molecule has 0 aliphatic carbocycles. The SMILES string of the molecule is CCS(=O)(=O)O.O=S(=O)(O)CCN1CCN(CCO)CC1.OCN1CCNCC1. The van der Waals surface area contributed by atoms with Crippen molar-refractivity contribution in [3.63, 3.8) is 0 Å². The van der Waals surface area contributed by atoms with Crippen molar-refractivity contribution in [2.75, 3.05) is 90.3 Å². The zero-order valence-electron chi connectivity index (χ0n) is 17.0. The van der Waals surface area contributed by atoms with E-state index in [1.54, 1.807) is 0 Å². The highest BCUT2D eigenvalue weighted by Crippen LogP contribution is 2.01. The fourth-order valence-electron chi connectivity index (χ4n) is 2.47. The lowest BCUT2D eigenvalue weighted by Gasteiger charge is -2.33. The Hall–Kier alpha value is -0.420. The van der Waals surface area contributed by atoms with Crippen molar-refractivity contribution in [2.45, 2.75) is 6.92 Å². The Balaban J connectivity index is 0.000000468. The van der Waals surface area contributed by atoms with Crippen LogP contribution in [-0.4, -0.2) is 141 Å². The van der Waals surface area contributed by atoms with E-state index in [1.165, 1.54) is 6.92 Å². The van der Waals surface area contributed by atoms with Crippen molar-refractivity contribution in [1.82, 2.24) is 20.0 Å². The molecule has 2 aliphatic heterocycles. The molecule has 5 N–H and O–H groups in total. The first kappa shape index (κ1) is 28.6. The van der Waals surface area contributed by atoms with Crippen molar-refractivity contribution >= 4 is 20.2 Å². The lowest BCUT2D eigenvalue weighted by Crippen LogP contribution is -2.48. The Morgan fingerprint density at radius 3 is 1.52 bits per heavy atom. The molecule has 2 rings (SSSR count). The second-order valence-corrected chi connectivity index (χ2v) is 9.89. The number of aliphatic hydroxyl groups excluding tert-OH is 2. The molecule has 2 aliphatic rings. The van der Waals surface area contributed by atoms with Gasteiger partial charge in [0.1, 0.15) is 0 Å². The minimum absolute atomic E-state index is 0.158. The molecule has 0 aromatic rings. The molecule has 0 bridgehead atoms. The fraction of sp³-hybridized carbons (Fsp3) is 1.00. The van der Waals surface area contributed by atoms with E-state index < -0.39 is 20.2 Å². The van der Waals surface area contributed by atoms with Gasteiger partial charge in [-0.05, 0) is 6.92 Å². The highest BCUT2D eigenvalue weighted by atomic mass is 32.2. The molecule has 12 nitrogen and oxygen atoms in total. The zero-order valence-corrected chi connectivity index (χ0v) is 18.6. The summed E-state index contributed by atoms with van der Waals surface area (Å²) in [5, 5.41) is 20.5. The van der Waals surface area contributed by atoms with Crippen LogP contribution in [0.25, 0.3) is 0 Å². The van der Waals surface area contributed by atoms with Crippen LogP contribution in [0.1, 0.15) is 6.92 Å². The Bertz CT molecular complexity index is 604. The average Bonchev–Trinajstić information content (AvgIpc) is 2.68. The molecule has 0 saturated carbocycles. The van der Waals surface area contributed by atoms with Gasteiger partial charge in [0.05, 0.1) is 24.8 Å². The van der Waals surface area contributed by atoms with Crippen LogP contribution in [0.3, 0.4) is 0 Å². The Morgan fingerprint density at radius 2 is 1.21 bits per heavy atom. The molecular formula is C15H36N4O8S2. The number of hydrogen-bond acceptors (Lipinski definition) is 10. The molecule has 0 aromatic carbocycles. The first-order chi connectivity index (χ1) is 13.5. The second kappa shape index (κ2) is 15.4. The first-order valence-electron chi connectivity index (χ1n) is 9.50. The standard InChI is InChI=1S/C8H18N2O4S.C5H12N2O.C2H6O3S/c11-7-5-9-1-3-10(4-2-9)6-8-15(12,13)14;8-5-7-3-1-6-2-4-7;1-2-6(3,4)5/h11H,1-8H2,(H,12,13,14);6,8H,1-5H2;2H2,1H3,(H,3,4,5). The monoisotopic (exact) mass is 464 g/mol. The summed E-state index contributed by atoms with van der Waals surface area (Å²) in [5.41, 5.74) is 0. The van der Waals surface area contributed by atoms with Gasteiger partial charge in [-0.15, -0.1) is 0 Å². The predicted octanol–water partition coefficient (Wildman–Crippen LogP) is -2.78. The van der Waals surface area contributed by atoms with Gasteiger partial charge in [0, 0.05) is 65.4 Å². The fourth-order valence-corrected chi connectivity index (χ4v) is 2.96. The van der Waals surface area contributed by atoms with Gasteiger partial charge in [0.15, 0.2) is 0 Å². The summed E-state index contributed by atoms with van der Waals surface area (Å²) in [4.78, 5) is 6.14. The summed E-state index contributed by atoms with van der Waals surface area (Å²) in [6.45, 7) is 10.0. The summed E-state index contributed by atoms with van der Waals surface area (Å²) in [5.74, 6) is -0.403. The van der Waals surface area contributed by atoms with Gasteiger partial charge in [0.25, 0.3) is 20.2 Å². The van der Waals surface area contributed by atoms with E-state index >= 15 is 0 Å². The van der Waals surface area contributed by atoms with Crippen LogP contribution in [0.15, 0.2) is 0 Å². The van der Waals surface area contributed by atoms with Crippen LogP contribution < -0.4 is 5.32 Å². The normalized spacial score (nSPS) is 19.6. The lowest BCUT2D eigenvalue weighted by molar-refractivity contribution is 0.0957. The Kier molecular flexibility index (Phi) is 15.2. The van der Waals surface area contributed by atoms with E-state index in [4.69, 9.17) is 19.3 Å². The highest BCUT2D eigenvalue weighted by molar-refractivity contribution is 7.86. The molecule has 2 fully saturated rings. The minimum atomic E-state index is -3.84. The van der Waals surface area contributed by atoms with Gasteiger partial charge in [-0.1, -0.05) is 0 Å². The molecular weight excluding hydrogens is 428 g/mol. The van der Waals surface area contributed by atoms with Gasteiger partial charge >= 0.3 is 0 Å². The molecule has 29 heavy (non-hydrogen) atoms. The van der Waals surface area contributed by atoms with Crippen molar-refractivity contribution < 1.29 is 36.2 Å². The van der Waals surface area contributed by atoms with Crippen LogP contribution in [0.4, 0.5) is 0 Å². The minimum Gasteiger partial charge on any atom is -0.395 e. The molecule has 0 amide bonds. The number of nitrogens with one attached hydrogen (secondary N) is 1. The van der Waals surface area contributed by atoms with Gasteiger partial charge < -0.3 is 15.5 Å². The lowest BCUT2D eigenvalue weighted by atomic mass is 10.3. The van der Waals surface area contributed by atoms with Gasteiger partial charge in [0.2, 0.25) is 0 Å². The largest absolute Gasteiger partial charge is 0.395 e. The number of piperazine rings is 2. The molecule has 0 aromatic heterocycles. The van der Waals surface area contributed by atoms with Crippen molar-refractivity contribution in [1.29, 1.82) is 0 Å². The maximum Gasteiger partial charge on any atom is 0.266 e. The van der Waals surface area contributed by atoms with E-state index in [-0.39, 0.29) is 24.8 Å². The Morgan fingerprint density at radius 1 is 0.759 bits per heavy atom. The van der Waals surface area contributed by atoms with Gasteiger partial charge in [-0.2, -0.15) is 16.8 Å². The topological polar surface area (TPSA) is 171 Å². The van der Waals surface area contributed by atoms with E-state index in [2.05, 4.69) is 10.2 Å². The number of β-amino-alcohol motifs (C(OH)–C–C–N with tert-alkyl or cyclic N) is 1. The number of hydrogen-bond donors (Lipinski definition) is 5. The van der Waals surface area contributed by atoms with Crippen molar-refractivity contribution in [3.8, 4) is 0 Å². The summed E-state index contributed by atoms with van der Waals surface area (Å²) in [6.07, 6.45) is 0. The first-order valence-corrected chi connectivity index (χ1v) is 12.7. The molecule has 0 spiro atoms. The summed E-state index contributed by atoms with van der Waals surface area (Å²) >= 11 is 0. The number of aliphatic hydroxyl groups is 2. The highest BCUT2D eigenvalue weighted by Gasteiger charge is 2.17. The van der Waals surface area contributed by atoms with E-state index in [1.807, 2.05) is 9.80 Å².